The molecule has 0 aliphatic heterocycles. The van der Waals surface area contributed by atoms with E-state index in [9.17, 15) is 14.7 Å². The van der Waals surface area contributed by atoms with E-state index in [-0.39, 0.29) is 16.9 Å². The van der Waals surface area contributed by atoms with Crippen molar-refractivity contribution in [3.05, 3.63) is 58.6 Å². The molecule has 0 saturated heterocycles. The van der Waals surface area contributed by atoms with Crippen LogP contribution in [-0.2, 0) is 0 Å². The van der Waals surface area contributed by atoms with Gasteiger partial charge in [-0.2, -0.15) is 5.10 Å². The fraction of sp³-hybridized carbons (Fsp3) is 0. The van der Waals surface area contributed by atoms with Crippen molar-refractivity contribution in [2.45, 2.75) is 0 Å². The summed E-state index contributed by atoms with van der Waals surface area (Å²) in [5.41, 5.74) is 0.939. The zero-order valence-electron chi connectivity index (χ0n) is 13.8. The lowest BCUT2D eigenvalue weighted by Crippen LogP contribution is -2.14. The molecule has 27 heavy (non-hydrogen) atoms. The number of aromatic nitrogens is 2. The van der Waals surface area contributed by atoms with Gasteiger partial charge in [-0.05, 0) is 24.4 Å². The highest BCUT2D eigenvalue weighted by molar-refractivity contribution is 7.14. The highest BCUT2D eigenvalue weighted by Crippen LogP contribution is 2.36. The number of nitrogens with zero attached hydrogens (tertiary/aromatic N) is 3. The Bertz CT molecular complexity index is 1030. The maximum absolute atomic E-state index is 12.5. The highest BCUT2D eigenvalue weighted by Gasteiger charge is 2.22. The molecule has 1 amide bonds. The molecule has 0 spiro atoms. The minimum Gasteiger partial charge on any atom is -0.478 e. The van der Waals surface area contributed by atoms with E-state index in [4.69, 9.17) is 11.6 Å². The highest BCUT2D eigenvalue weighted by atomic mass is 35.5. The minimum atomic E-state index is -1.15. The van der Waals surface area contributed by atoms with E-state index in [1.54, 1.807) is 29.6 Å². The molecule has 9 heteroatoms. The van der Waals surface area contributed by atoms with Crippen molar-refractivity contribution >= 4 is 59.2 Å². The number of thiophene rings is 1. The largest absolute Gasteiger partial charge is 0.478 e. The van der Waals surface area contributed by atoms with Crippen molar-refractivity contribution in [2.24, 2.45) is 4.99 Å². The van der Waals surface area contributed by atoms with Crippen molar-refractivity contribution in [2.75, 3.05) is 5.32 Å². The van der Waals surface area contributed by atoms with Crippen LogP contribution in [0.1, 0.15) is 20.8 Å². The van der Waals surface area contributed by atoms with Gasteiger partial charge in [0.1, 0.15) is 5.56 Å². The zero-order chi connectivity index (χ0) is 19.6. The first-order valence-electron chi connectivity index (χ1n) is 7.55. The molecule has 0 aliphatic carbocycles. The molecule has 2 N–H and O–H groups in total. The van der Waals surface area contributed by atoms with E-state index in [0.717, 1.165) is 0 Å². The smallest absolute Gasteiger partial charge is 0.339 e. The summed E-state index contributed by atoms with van der Waals surface area (Å²) >= 11 is 7.09. The number of anilines is 1. The van der Waals surface area contributed by atoms with Gasteiger partial charge in [-0.3, -0.25) is 4.79 Å². The summed E-state index contributed by atoms with van der Waals surface area (Å²) < 4.78 is 1.30. The Morgan fingerprint density at radius 2 is 2.04 bits per heavy atom. The Labute approximate surface area is 163 Å². The summed E-state index contributed by atoms with van der Waals surface area (Å²) in [6.07, 6.45) is 1.38. The number of carboxylic acids is 1. The quantitative estimate of drug-likeness (QED) is 0.588. The van der Waals surface area contributed by atoms with Gasteiger partial charge in [0, 0.05) is 22.7 Å². The molecule has 0 saturated carbocycles. The van der Waals surface area contributed by atoms with Crippen LogP contribution in [0.5, 0.6) is 0 Å². The molecule has 0 bridgehead atoms. The molecule has 0 unspecified atom stereocenters. The van der Waals surface area contributed by atoms with Crippen LogP contribution < -0.4 is 5.32 Å². The van der Waals surface area contributed by atoms with Crippen LogP contribution in [0.25, 0.3) is 16.6 Å². The van der Waals surface area contributed by atoms with Crippen LogP contribution in [0.3, 0.4) is 0 Å². The van der Waals surface area contributed by atoms with Gasteiger partial charge in [-0.25, -0.2) is 14.5 Å². The molecule has 1 aromatic carbocycles. The minimum absolute atomic E-state index is 0.000829. The summed E-state index contributed by atoms with van der Waals surface area (Å²) in [6, 6.07) is 8.22. The Hall–Kier alpha value is -3.23. The van der Waals surface area contributed by atoms with E-state index in [1.807, 2.05) is 0 Å². The number of carbonyl (C=O) groups is 2. The maximum Gasteiger partial charge on any atom is 0.339 e. The molecule has 0 fully saturated rings. The van der Waals surface area contributed by atoms with Gasteiger partial charge in [-0.1, -0.05) is 30.3 Å². The molecule has 7 nitrogen and oxygen atoms in total. The van der Waals surface area contributed by atoms with Gasteiger partial charge >= 0.3 is 5.97 Å². The number of aromatic carboxylic acids is 1. The standard InChI is InChI=1S/C18H13ClN4O3S/c1-3-23-14(20-2)8-12(22-23)17(24)21-13-9-27-16(15(13)18(25)26)10-4-6-11(19)7-5-10/h3-9H,1-2H2,(H,21,24)(H,25,26). The third kappa shape index (κ3) is 3.67. The van der Waals surface area contributed by atoms with Crippen molar-refractivity contribution in [1.29, 1.82) is 0 Å². The fourth-order valence-corrected chi connectivity index (χ4v) is 3.54. The van der Waals surface area contributed by atoms with Crippen molar-refractivity contribution in [1.82, 2.24) is 9.78 Å². The Kier molecular flexibility index (Phi) is 5.20. The summed E-state index contributed by atoms with van der Waals surface area (Å²) in [5.74, 6) is -1.37. The van der Waals surface area contributed by atoms with Crippen LogP contribution in [0, 0.1) is 0 Å². The van der Waals surface area contributed by atoms with Gasteiger partial charge in [0.2, 0.25) is 0 Å². The average molecular weight is 401 g/mol. The summed E-state index contributed by atoms with van der Waals surface area (Å²) in [6.45, 7) is 6.97. The molecule has 0 atom stereocenters. The number of benzene rings is 1. The van der Waals surface area contributed by atoms with Crippen LogP contribution in [0.15, 0.2) is 47.3 Å². The topological polar surface area (TPSA) is 96.6 Å². The molecule has 3 rings (SSSR count). The van der Waals surface area contributed by atoms with E-state index >= 15 is 0 Å². The number of carbonyl (C=O) groups excluding carboxylic acids is 1. The third-order valence-electron chi connectivity index (χ3n) is 3.64. The van der Waals surface area contributed by atoms with Crippen LogP contribution in [-0.4, -0.2) is 33.5 Å². The Morgan fingerprint density at radius 1 is 1.33 bits per heavy atom. The number of amides is 1. The first kappa shape index (κ1) is 18.6. The van der Waals surface area contributed by atoms with Crippen LogP contribution >= 0.6 is 22.9 Å². The van der Waals surface area contributed by atoms with Crippen LogP contribution in [0.4, 0.5) is 11.5 Å². The second kappa shape index (κ2) is 7.56. The molecular weight excluding hydrogens is 388 g/mol. The van der Waals surface area contributed by atoms with Crippen LogP contribution in [0.2, 0.25) is 5.02 Å². The number of rotatable bonds is 6. The molecular formula is C18H13ClN4O3S. The molecule has 136 valence electrons. The number of aliphatic imine (C=N–C) groups is 1. The number of hydrogen-bond acceptors (Lipinski definition) is 5. The first-order valence-corrected chi connectivity index (χ1v) is 8.81. The monoisotopic (exact) mass is 400 g/mol. The van der Waals surface area contributed by atoms with E-state index in [1.165, 1.54) is 28.3 Å². The Balaban J connectivity index is 1.95. The van der Waals surface area contributed by atoms with Gasteiger partial charge in [-0.15, -0.1) is 11.3 Å². The predicted octanol–water partition coefficient (Wildman–Crippen LogP) is 4.65. The summed E-state index contributed by atoms with van der Waals surface area (Å²) in [4.78, 5) is 28.5. The van der Waals surface area contributed by atoms with E-state index in [2.05, 4.69) is 28.7 Å². The zero-order valence-corrected chi connectivity index (χ0v) is 15.4. The normalized spacial score (nSPS) is 10.4. The lowest BCUT2D eigenvalue weighted by molar-refractivity contribution is 0.0699. The van der Waals surface area contributed by atoms with E-state index < -0.39 is 11.9 Å². The maximum atomic E-state index is 12.5. The van der Waals surface area contributed by atoms with Crippen molar-refractivity contribution < 1.29 is 14.7 Å². The lowest BCUT2D eigenvalue weighted by Gasteiger charge is -2.05. The second-order valence-corrected chi connectivity index (χ2v) is 6.61. The average Bonchev–Trinajstić information content (AvgIpc) is 3.26. The van der Waals surface area contributed by atoms with E-state index in [0.29, 0.717) is 21.3 Å². The second-order valence-electron chi connectivity index (χ2n) is 5.29. The lowest BCUT2D eigenvalue weighted by atomic mass is 10.1. The molecule has 2 heterocycles. The summed E-state index contributed by atoms with van der Waals surface area (Å²) in [5, 5.41) is 18.4. The van der Waals surface area contributed by atoms with Gasteiger partial charge in [0.15, 0.2) is 11.5 Å². The first-order chi connectivity index (χ1) is 12.9. The number of carboxylic acid groups (broad SMARTS) is 1. The van der Waals surface area contributed by atoms with Gasteiger partial charge in [0.25, 0.3) is 5.91 Å². The molecule has 2 aromatic heterocycles. The van der Waals surface area contributed by atoms with Crippen molar-refractivity contribution in [3.8, 4) is 10.4 Å². The molecule has 0 aliphatic rings. The van der Waals surface area contributed by atoms with Gasteiger partial charge < -0.3 is 10.4 Å². The number of hydrogen-bond donors (Lipinski definition) is 2. The number of halogens is 1. The van der Waals surface area contributed by atoms with Crippen molar-refractivity contribution in [3.63, 3.8) is 0 Å². The fourth-order valence-electron chi connectivity index (χ4n) is 2.41. The number of nitrogens with one attached hydrogen (secondary N) is 1. The predicted molar refractivity (Wildman–Crippen MR) is 108 cm³/mol. The SMILES string of the molecule is C=Cn1nc(C(=O)Nc2csc(-c3ccc(Cl)cc3)c2C(=O)O)cc1N=C. The third-order valence-corrected chi connectivity index (χ3v) is 4.92. The summed E-state index contributed by atoms with van der Waals surface area (Å²) in [7, 11) is 0. The molecule has 3 aromatic rings. The Morgan fingerprint density at radius 3 is 2.59 bits per heavy atom. The molecule has 0 radical (unpaired) electrons. The van der Waals surface area contributed by atoms with Gasteiger partial charge in [0.05, 0.1) is 10.6 Å².